The van der Waals surface area contributed by atoms with Crippen LogP contribution < -0.4 is 0 Å². The van der Waals surface area contributed by atoms with Crippen molar-refractivity contribution in [2.75, 3.05) is 7.11 Å². The summed E-state index contributed by atoms with van der Waals surface area (Å²) in [6.07, 6.45) is 2.36. The highest BCUT2D eigenvalue weighted by Gasteiger charge is 2.06. The molecule has 2 aromatic rings. The summed E-state index contributed by atoms with van der Waals surface area (Å²) < 4.78 is 4.58. The third-order valence-electron chi connectivity index (χ3n) is 2.56. The van der Waals surface area contributed by atoms with Crippen LogP contribution in [0.2, 0.25) is 0 Å². The molecule has 4 heteroatoms. The fourth-order valence-corrected chi connectivity index (χ4v) is 1.60. The Morgan fingerprint density at radius 2 is 1.83 bits per heavy atom. The fourth-order valence-electron chi connectivity index (χ4n) is 1.60. The number of esters is 1. The van der Waals surface area contributed by atoms with Crippen molar-refractivity contribution in [3.63, 3.8) is 0 Å². The number of aromatic hydroxyl groups is 1. The number of phenolic OH excluding ortho intramolecular Hbond substituents is 1. The van der Waals surface area contributed by atoms with E-state index in [0.29, 0.717) is 12.1 Å². The molecule has 0 atom stereocenters. The number of hydrogen-bond acceptors (Lipinski definition) is 4. The lowest BCUT2D eigenvalue weighted by Crippen LogP contribution is -2.04. The molecule has 1 heterocycles. The van der Waals surface area contributed by atoms with E-state index in [1.165, 1.54) is 7.11 Å². The lowest BCUT2D eigenvalue weighted by molar-refractivity contribution is 0.0594. The lowest BCUT2D eigenvalue weighted by Gasteiger charge is -2.03. The van der Waals surface area contributed by atoms with Gasteiger partial charge < -0.3 is 9.84 Å². The molecule has 0 saturated carbocycles. The van der Waals surface area contributed by atoms with Crippen LogP contribution in [0.3, 0.4) is 0 Å². The molecule has 0 aliphatic rings. The number of pyridine rings is 1. The Hall–Kier alpha value is -2.36. The molecule has 0 unspecified atom stereocenters. The molecule has 18 heavy (non-hydrogen) atoms. The van der Waals surface area contributed by atoms with Crippen LogP contribution in [0.15, 0.2) is 42.6 Å². The van der Waals surface area contributed by atoms with E-state index in [-0.39, 0.29) is 5.75 Å². The fraction of sp³-hybridized carbons (Fsp3) is 0.143. The number of rotatable bonds is 3. The quantitative estimate of drug-likeness (QED) is 0.839. The molecule has 0 spiro atoms. The van der Waals surface area contributed by atoms with E-state index in [1.54, 1.807) is 24.4 Å². The van der Waals surface area contributed by atoms with E-state index in [1.807, 2.05) is 18.2 Å². The maximum absolute atomic E-state index is 11.2. The summed E-state index contributed by atoms with van der Waals surface area (Å²) in [6, 6.07) is 10.5. The van der Waals surface area contributed by atoms with Crippen molar-refractivity contribution in [2.24, 2.45) is 0 Å². The summed E-state index contributed by atoms with van der Waals surface area (Å²) in [4.78, 5) is 15.2. The molecule has 0 aliphatic carbocycles. The number of hydrogen-bond donors (Lipinski definition) is 1. The molecular formula is C14H13NO3. The topological polar surface area (TPSA) is 59.4 Å². The first-order chi connectivity index (χ1) is 8.69. The molecule has 1 N–H and O–H groups in total. The Balaban J connectivity index is 2.10. The van der Waals surface area contributed by atoms with Gasteiger partial charge in [-0.2, -0.15) is 0 Å². The van der Waals surface area contributed by atoms with Crippen LogP contribution in [0.1, 0.15) is 21.6 Å². The molecule has 0 fully saturated rings. The van der Waals surface area contributed by atoms with E-state index in [0.717, 1.165) is 11.1 Å². The maximum atomic E-state index is 11.2. The van der Waals surface area contributed by atoms with Crippen molar-refractivity contribution in [3.05, 3.63) is 59.4 Å². The van der Waals surface area contributed by atoms with Gasteiger partial charge in [-0.05, 0) is 35.7 Å². The van der Waals surface area contributed by atoms with Crippen LogP contribution in [0, 0.1) is 0 Å². The first kappa shape index (κ1) is 12.1. The van der Waals surface area contributed by atoms with Crippen LogP contribution in [-0.4, -0.2) is 23.2 Å². The van der Waals surface area contributed by atoms with Crippen molar-refractivity contribution in [3.8, 4) is 5.75 Å². The lowest BCUT2D eigenvalue weighted by atomic mass is 10.1. The second-order valence-corrected chi connectivity index (χ2v) is 3.89. The largest absolute Gasteiger partial charge is 0.508 e. The van der Waals surface area contributed by atoms with Gasteiger partial charge in [-0.15, -0.1) is 0 Å². The van der Waals surface area contributed by atoms with E-state index in [9.17, 15) is 9.90 Å². The zero-order valence-corrected chi connectivity index (χ0v) is 9.96. The molecule has 0 saturated heterocycles. The van der Waals surface area contributed by atoms with Crippen molar-refractivity contribution < 1.29 is 14.6 Å². The minimum atomic E-state index is -0.439. The Bertz CT molecular complexity index is 532. The zero-order chi connectivity index (χ0) is 13.0. The molecule has 1 aromatic heterocycles. The number of carbonyl (C=O) groups is 1. The van der Waals surface area contributed by atoms with Gasteiger partial charge in [-0.25, -0.2) is 9.78 Å². The summed E-state index contributed by atoms with van der Waals surface area (Å²) >= 11 is 0. The molecule has 4 nitrogen and oxygen atoms in total. The van der Waals surface area contributed by atoms with E-state index >= 15 is 0 Å². The highest BCUT2D eigenvalue weighted by Crippen LogP contribution is 2.13. The molecular weight excluding hydrogens is 230 g/mol. The van der Waals surface area contributed by atoms with E-state index in [2.05, 4.69) is 9.72 Å². The standard InChI is InChI=1S/C14H13NO3/c1-18-14(17)13-7-4-11(9-15-13)8-10-2-5-12(16)6-3-10/h2-7,9,16H,8H2,1H3. The predicted molar refractivity (Wildman–Crippen MR) is 66.5 cm³/mol. The van der Waals surface area contributed by atoms with Crippen LogP contribution in [0.25, 0.3) is 0 Å². The summed E-state index contributed by atoms with van der Waals surface area (Å²) in [7, 11) is 1.33. The number of nitrogens with zero attached hydrogens (tertiary/aromatic N) is 1. The van der Waals surface area contributed by atoms with Crippen molar-refractivity contribution in [1.29, 1.82) is 0 Å². The van der Waals surface area contributed by atoms with Gasteiger partial charge in [0.25, 0.3) is 0 Å². The number of phenols is 1. The Morgan fingerprint density at radius 1 is 1.17 bits per heavy atom. The SMILES string of the molecule is COC(=O)c1ccc(Cc2ccc(O)cc2)cn1. The van der Waals surface area contributed by atoms with E-state index < -0.39 is 5.97 Å². The summed E-state index contributed by atoms with van der Waals surface area (Å²) in [6.45, 7) is 0. The second-order valence-electron chi connectivity index (χ2n) is 3.89. The average Bonchev–Trinajstić information content (AvgIpc) is 2.41. The van der Waals surface area contributed by atoms with Crippen LogP contribution in [0.4, 0.5) is 0 Å². The smallest absolute Gasteiger partial charge is 0.356 e. The van der Waals surface area contributed by atoms with Gasteiger partial charge >= 0.3 is 5.97 Å². The minimum Gasteiger partial charge on any atom is -0.508 e. The van der Waals surface area contributed by atoms with Gasteiger partial charge in [0.15, 0.2) is 0 Å². The van der Waals surface area contributed by atoms with Crippen LogP contribution >= 0.6 is 0 Å². The van der Waals surface area contributed by atoms with Gasteiger partial charge in [0.2, 0.25) is 0 Å². The van der Waals surface area contributed by atoms with E-state index in [4.69, 9.17) is 0 Å². The number of benzene rings is 1. The van der Waals surface area contributed by atoms with Gasteiger partial charge in [-0.1, -0.05) is 18.2 Å². The van der Waals surface area contributed by atoms with Crippen molar-refractivity contribution in [2.45, 2.75) is 6.42 Å². The maximum Gasteiger partial charge on any atom is 0.356 e. The monoisotopic (exact) mass is 243 g/mol. The van der Waals surface area contributed by atoms with Gasteiger partial charge in [0, 0.05) is 6.20 Å². The predicted octanol–water partition coefficient (Wildman–Crippen LogP) is 2.16. The zero-order valence-electron chi connectivity index (χ0n) is 9.96. The molecule has 0 bridgehead atoms. The number of ether oxygens (including phenoxy) is 1. The molecule has 1 aromatic carbocycles. The van der Waals surface area contributed by atoms with Crippen molar-refractivity contribution >= 4 is 5.97 Å². The molecule has 2 rings (SSSR count). The third kappa shape index (κ3) is 2.85. The summed E-state index contributed by atoms with van der Waals surface area (Å²) in [5.74, 6) is -0.191. The average molecular weight is 243 g/mol. The number of carbonyl (C=O) groups excluding carboxylic acids is 1. The number of aromatic nitrogens is 1. The van der Waals surface area contributed by atoms with Crippen LogP contribution in [0.5, 0.6) is 5.75 Å². The minimum absolute atomic E-state index is 0.248. The van der Waals surface area contributed by atoms with Gasteiger partial charge in [0.1, 0.15) is 11.4 Å². The number of methoxy groups -OCH3 is 1. The first-order valence-corrected chi connectivity index (χ1v) is 5.50. The van der Waals surface area contributed by atoms with Gasteiger partial charge in [0.05, 0.1) is 7.11 Å². The summed E-state index contributed by atoms with van der Waals surface area (Å²) in [5.41, 5.74) is 2.36. The Kier molecular flexibility index (Phi) is 3.57. The Labute approximate surface area is 105 Å². The van der Waals surface area contributed by atoms with Gasteiger partial charge in [-0.3, -0.25) is 0 Å². The van der Waals surface area contributed by atoms with Crippen molar-refractivity contribution in [1.82, 2.24) is 4.98 Å². The third-order valence-corrected chi connectivity index (χ3v) is 2.56. The normalized spacial score (nSPS) is 10.1. The first-order valence-electron chi connectivity index (χ1n) is 5.50. The molecule has 92 valence electrons. The highest BCUT2D eigenvalue weighted by atomic mass is 16.5. The molecule has 0 radical (unpaired) electrons. The molecule has 0 aliphatic heterocycles. The summed E-state index contributed by atoms with van der Waals surface area (Å²) in [5, 5.41) is 9.18. The highest BCUT2D eigenvalue weighted by molar-refractivity contribution is 5.86. The van der Waals surface area contributed by atoms with Crippen LogP contribution in [-0.2, 0) is 11.2 Å². The Morgan fingerprint density at radius 3 is 2.39 bits per heavy atom. The second kappa shape index (κ2) is 5.31. The molecule has 0 amide bonds.